The Kier molecular flexibility index (Phi) is 9.55. The summed E-state index contributed by atoms with van der Waals surface area (Å²) in [5.41, 5.74) is 1.20. The molecule has 8 nitrogen and oxygen atoms in total. The van der Waals surface area contributed by atoms with Crippen molar-refractivity contribution in [3.8, 4) is 5.75 Å². The van der Waals surface area contributed by atoms with Crippen LogP contribution in [0.4, 0.5) is 13.2 Å². The van der Waals surface area contributed by atoms with Gasteiger partial charge in [-0.1, -0.05) is 36.4 Å². The molecule has 0 radical (unpaired) electrons. The van der Waals surface area contributed by atoms with Crippen molar-refractivity contribution in [2.24, 2.45) is 0 Å². The van der Waals surface area contributed by atoms with Crippen LogP contribution in [-0.4, -0.2) is 74.4 Å². The number of alkyl halides is 3. The van der Waals surface area contributed by atoms with E-state index in [0.29, 0.717) is 5.56 Å². The molecule has 3 amide bonds. The molecular weight excluding hydrogens is 535 g/mol. The van der Waals surface area contributed by atoms with Crippen molar-refractivity contribution in [1.29, 1.82) is 0 Å². The van der Waals surface area contributed by atoms with Crippen LogP contribution in [0.2, 0.25) is 0 Å². The lowest BCUT2D eigenvalue weighted by atomic mass is 9.96. The highest BCUT2D eigenvalue weighted by molar-refractivity contribution is 8.00. The van der Waals surface area contributed by atoms with E-state index in [9.17, 15) is 37.8 Å². The Hall–Kier alpha value is -3.25. The number of halogens is 3. The van der Waals surface area contributed by atoms with Crippen LogP contribution in [0, 0.1) is 6.92 Å². The maximum atomic E-state index is 13.6. The molecule has 2 aromatic rings. The van der Waals surface area contributed by atoms with E-state index in [1.54, 1.807) is 51.1 Å². The molecule has 0 spiro atoms. The lowest BCUT2D eigenvalue weighted by Crippen LogP contribution is -2.58. The molecule has 0 bridgehead atoms. The quantitative estimate of drug-likeness (QED) is 0.370. The zero-order valence-corrected chi connectivity index (χ0v) is 22.6. The average Bonchev–Trinajstić information content (AvgIpc) is 3.19. The van der Waals surface area contributed by atoms with Crippen molar-refractivity contribution in [2.45, 2.75) is 62.7 Å². The predicted octanol–water partition coefficient (Wildman–Crippen LogP) is 3.15. The van der Waals surface area contributed by atoms with Gasteiger partial charge in [0.25, 0.3) is 11.8 Å². The summed E-state index contributed by atoms with van der Waals surface area (Å²) < 4.78 is 36.9. The first-order valence-electron chi connectivity index (χ1n) is 12.3. The minimum absolute atomic E-state index is 0.0257. The molecule has 3 atom stereocenters. The van der Waals surface area contributed by atoms with Crippen molar-refractivity contribution in [3.63, 3.8) is 0 Å². The molecule has 4 N–H and O–H groups in total. The molecule has 1 saturated heterocycles. The maximum absolute atomic E-state index is 13.6. The number of benzene rings is 2. The zero-order valence-electron chi connectivity index (χ0n) is 21.8. The van der Waals surface area contributed by atoms with Gasteiger partial charge in [0.05, 0.1) is 18.3 Å². The van der Waals surface area contributed by atoms with Gasteiger partial charge in [-0.05, 0) is 44.9 Å². The maximum Gasteiger partial charge on any atom is 0.390 e. The zero-order chi connectivity index (χ0) is 29.0. The Balaban J connectivity index is 1.84. The summed E-state index contributed by atoms with van der Waals surface area (Å²) in [4.78, 5) is 40.7. The number of carbonyl (C=O) groups is 3. The summed E-state index contributed by atoms with van der Waals surface area (Å²) >= 11 is 1.25. The van der Waals surface area contributed by atoms with Crippen LogP contribution in [0.3, 0.4) is 0 Å². The Bertz CT molecular complexity index is 1190. The lowest BCUT2D eigenvalue weighted by Gasteiger charge is -2.33. The number of hydrogen-bond acceptors (Lipinski definition) is 6. The third-order valence-electron chi connectivity index (χ3n) is 6.58. The average molecular weight is 568 g/mol. The number of aliphatic hydroxyl groups is 1. The number of phenols is 1. The molecule has 1 aliphatic heterocycles. The van der Waals surface area contributed by atoms with Crippen molar-refractivity contribution in [2.75, 3.05) is 12.4 Å². The molecule has 1 heterocycles. The fourth-order valence-electron chi connectivity index (χ4n) is 4.40. The van der Waals surface area contributed by atoms with Crippen LogP contribution < -0.4 is 10.6 Å². The molecule has 12 heteroatoms. The van der Waals surface area contributed by atoms with Crippen LogP contribution >= 0.6 is 11.8 Å². The van der Waals surface area contributed by atoms with Gasteiger partial charge in [0.2, 0.25) is 5.91 Å². The van der Waals surface area contributed by atoms with Gasteiger partial charge < -0.3 is 25.7 Å². The Morgan fingerprint density at radius 3 is 2.44 bits per heavy atom. The van der Waals surface area contributed by atoms with Gasteiger partial charge in [0, 0.05) is 22.4 Å². The molecule has 2 aromatic carbocycles. The van der Waals surface area contributed by atoms with E-state index in [-0.39, 0.29) is 23.6 Å². The first-order chi connectivity index (χ1) is 18.2. The number of nitrogens with zero attached hydrogens (tertiary/aromatic N) is 1. The molecular formula is C27H32F3N3O5S. The summed E-state index contributed by atoms with van der Waals surface area (Å²) in [5.74, 6) is -2.27. The summed E-state index contributed by atoms with van der Waals surface area (Å²) in [6.07, 6.45) is -7.36. The van der Waals surface area contributed by atoms with Gasteiger partial charge in [-0.15, -0.1) is 11.8 Å². The van der Waals surface area contributed by atoms with Gasteiger partial charge in [0.1, 0.15) is 11.8 Å². The molecule has 0 unspecified atom stereocenters. The second-order valence-electron chi connectivity index (χ2n) is 9.91. The summed E-state index contributed by atoms with van der Waals surface area (Å²) in [6.45, 7) is 4.31. The standard InChI is InChI=1S/C27H32F3N3O5S/c1-16-18(10-7-11-20(16)34)23(36)32-19(14-17-8-5-4-6-9-17)21(35)25(38)33-15-39-26(2,3)22(33)24(37)31-13-12-27(28,29)30/h4-11,19,21-22,34-35H,12-15H2,1-3H3,(H,31,37)(H,32,36)/t19-,21-,22+/m0/s1. The van der Waals surface area contributed by atoms with Crippen LogP contribution in [0.15, 0.2) is 48.5 Å². The number of aromatic hydroxyl groups is 1. The van der Waals surface area contributed by atoms with Crippen LogP contribution in [-0.2, 0) is 16.0 Å². The summed E-state index contributed by atoms with van der Waals surface area (Å²) in [6, 6.07) is 11.0. The Morgan fingerprint density at radius 2 is 1.79 bits per heavy atom. The van der Waals surface area contributed by atoms with E-state index in [4.69, 9.17) is 0 Å². The van der Waals surface area contributed by atoms with Gasteiger partial charge in [0.15, 0.2) is 6.10 Å². The molecule has 0 aromatic heterocycles. The number of carbonyl (C=O) groups excluding carboxylic acids is 3. The fraction of sp³-hybridized carbons (Fsp3) is 0.444. The fourth-order valence-corrected chi connectivity index (χ4v) is 5.54. The van der Waals surface area contributed by atoms with Gasteiger partial charge in [-0.2, -0.15) is 13.2 Å². The topological polar surface area (TPSA) is 119 Å². The number of thioether (sulfide) groups is 1. The van der Waals surface area contributed by atoms with E-state index in [0.717, 1.165) is 10.5 Å². The SMILES string of the molecule is Cc1c(O)cccc1C(=O)N[C@@H](Cc1ccccc1)[C@H](O)C(=O)N1CSC(C)(C)[C@H]1C(=O)NCCC(F)(F)F. The molecule has 1 fully saturated rings. The van der Waals surface area contributed by atoms with Crippen LogP contribution in [0.25, 0.3) is 0 Å². The molecule has 0 saturated carbocycles. The number of aliphatic hydroxyl groups excluding tert-OH is 1. The van der Waals surface area contributed by atoms with E-state index in [1.807, 2.05) is 0 Å². The first-order valence-corrected chi connectivity index (χ1v) is 13.3. The van der Waals surface area contributed by atoms with Crippen molar-refractivity contribution < 1.29 is 37.8 Å². The van der Waals surface area contributed by atoms with Gasteiger partial charge >= 0.3 is 6.18 Å². The van der Waals surface area contributed by atoms with E-state index in [2.05, 4.69) is 10.6 Å². The second-order valence-corrected chi connectivity index (χ2v) is 11.5. The minimum Gasteiger partial charge on any atom is -0.508 e. The third-order valence-corrected chi connectivity index (χ3v) is 7.96. The first kappa shape index (κ1) is 30.3. The predicted molar refractivity (Wildman–Crippen MR) is 141 cm³/mol. The minimum atomic E-state index is -4.45. The van der Waals surface area contributed by atoms with Gasteiger partial charge in [-0.3, -0.25) is 14.4 Å². The number of nitrogens with one attached hydrogen (secondary N) is 2. The highest BCUT2D eigenvalue weighted by atomic mass is 32.2. The Labute approximate surface area is 229 Å². The molecule has 1 aliphatic rings. The smallest absolute Gasteiger partial charge is 0.390 e. The number of amides is 3. The molecule has 3 rings (SSSR count). The monoisotopic (exact) mass is 567 g/mol. The van der Waals surface area contributed by atoms with E-state index in [1.165, 1.54) is 30.0 Å². The van der Waals surface area contributed by atoms with E-state index < -0.39 is 59.8 Å². The molecule has 212 valence electrons. The molecule has 39 heavy (non-hydrogen) atoms. The third kappa shape index (κ3) is 7.66. The number of phenolic OH excluding ortho intramolecular Hbond substituents is 1. The lowest BCUT2D eigenvalue weighted by molar-refractivity contribution is -0.148. The summed E-state index contributed by atoms with van der Waals surface area (Å²) in [7, 11) is 0. The number of hydrogen-bond donors (Lipinski definition) is 4. The van der Waals surface area contributed by atoms with Crippen molar-refractivity contribution in [3.05, 3.63) is 65.2 Å². The largest absolute Gasteiger partial charge is 0.508 e. The summed E-state index contributed by atoms with van der Waals surface area (Å²) in [5, 5.41) is 26.2. The van der Waals surface area contributed by atoms with Crippen LogP contribution in [0.1, 0.15) is 41.8 Å². The highest BCUT2D eigenvalue weighted by Crippen LogP contribution is 2.40. The second kappa shape index (κ2) is 12.3. The highest BCUT2D eigenvalue weighted by Gasteiger charge is 2.50. The Morgan fingerprint density at radius 1 is 1.13 bits per heavy atom. The van der Waals surface area contributed by atoms with Crippen molar-refractivity contribution >= 4 is 29.5 Å². The number of rotatable bonds is 9. The van der Waals surface area contributed by atoms with Crippen LogP contribution in [0.5, 0.6) is 5.75 Å². The normalized spacial score (nSPS) is 18.3. The van der Waals surface area contributed by atoms with Gasteiger partial charge in [-0.25, -0.2) is 0 Å². The molecule has 0 aliphatic carbocycles. The van der Waals surface area contributed by atoms with E-state index >= 15 is 0 Å². The van der Waals surface area contributed by atoms with Crippen molar-refractivity contribution in [1.82, 2.24) is 15.5 Å².